The van der Waals surface area contributed by atoms with Crippen LogP contribution < -0.4 is 0 Å². The molecule has 0 saturated heterocycles. The molecule has 0 aliphatic heterocycles. The second-order valence-electron chi connectivity index (χ2n) is 8.18. The average Bonchev–Trinajstić information content (AvgIpc) is 2.91. The molecule has 0 bridgehead atoms. The van der Waals surface area contributed by atoms with Crippen molar-refractivity contribution in [3.8, 4) is 0 Å². The molecule has 10 heteroatoms. The molecule has 1 unspecified atom stereocenters. The van der Waals surface area contributed by atoms with Gasteiger partial charge in [-0.25, -0.2) is 0 Å². The van der Waals surface area contributed by atoms with Crippen molar-refractivity contribution >= 4 is 29.8 Å². The van der Waals surface area contributed by atoms with Crippen molar-refractivity contribution in [1.29, 1.82) is 0 Å². The van der Waals surface area contributed by atoms with E-state index < -0.39 is 36.1 Å². The Morgan fingerprint density at radius 2 is 1.05 bits per heavy atom. The Morgan fingerprint density at radius 3 is 1.53 bits per heavy atom. The predicted octanol–water partition coefficient (Wildman–Crippen LogP) is 3.79. The van der Waals surface area contributed by atoms with Crippen molar-refractivity contribution < 1.29 is 47.7 Å². The molecule has 0 heterocycles. The van der Waals surface area contributed by atoms with Crippen molar-refractivity contribution in [2.75, 3.05) is 6.61 Å². The Morgan fingerprint density at radius 1 is 0.605 bits per heavy atom. The summed E-state index contributed by atoms with van der Waals surface area (Å²) in [5.41, 5.74) is 1.66. The summed E-state index contributed by atoms with van der Waals surface area (Å²) in [6, 6.07) is 18.3. The number of hydrogen-bond acceptors (Lipinski definition) is 10. The molecule has 204 valence electrons. The minimum Gasteiger partial charge on any atom is -0.466 e. The second-order valence-corrected chi connectivity index (χ2v) is 8.18. The van der Waals surface area contributed by atoms with Crippen molar-refractivity contribution in [2.24, 2.45) is 0 Å². The van der Waals surface area contributed by atoms with Gasteiger partial charge in [-0.05, 0) is 17.5 Å². The summed E-state index contributed by atoms with van der Waals surface area (Å²) in [6.45, 7) is 1.36. The third-order valence-electron chi connectivity index (χ3n) is 4.96. The van der Waals surface area contributed by atoms with Crippen LogP contribution in [0.5, 0.6) is 0 Å². The van der Waals surface area contributed by atoms with E-state index in [-0.39, 0.29) is 58.3 Å². The number of ether oxygens (including phenoxy) is 5. The standard InChI is InChI=1S/C28H32O10/c1-21(29)37-28(38-27(33)17-16-26(32)36-20-23-11-6-3-7-12-23)13-8-18-34-24(30)14-15-25(31)35-19-22-9-4-2-5-10-22/h2-7,9-12,28H,8,13-20H2,1H3. The SMILES string of the molecule is CC(=O)OC(CCCOC(=O)CCC(=O)OCc1ccccc1)OC(=O)CCC(=O)OCc1ccccc1. The lowest BCUT2D eigenvalue weighted by Gasteiger charge is -2.17. The fourth-order valence-electron chi connectivity index (χ4n) is 3.07. The summed E-state index contributed by atoms with van der Waals surface area (Å²) in [6.07, 6.45) is -1.58. The maximum absolute atomic E-state index is 12.1. The molecule has 0 aliphatic carbocycles. The smallest absolute Gasteiger partial charge is 0.309 e. The Labute approximate surface area is 221 Å². The van der Waals surface area contributed by atoms with E-state index in [2.05, 4.69) is 0 Å². The van der Waals surface area contributed by atoms with E-state index in [0.29, 0.717) is 0 Å². The lowest BCUT2D eigenvalue weighted by Crippen LogP contribution is -2.24. The van der Waals surface area contributed by atoms with Crippen LogP contribution in [-0.4, -0.2) is 42.7 Å². The Kier molecular flexibility index (Phi) is 13.7. The third kappa shape index (κ3) is 13.8. The van der Waals surface area contributed by atoms with Crippen LogP contribution in [0.2, 0.25) is 0 Å². The van der Waals surface area contributed by atoms with Gasteiger partial charge in [-0.15, -0.1) is 0 Å². The maximum Gasteiger partial charge on any atom is 0.309 e. The zero-order valence-corrected chi connectivity index (χ0v) is 21.3. The fourth-order valence-corrected chi connectivity index (χ4v) is 3.07. The van der Waals surface area contributed by atoms with Crippen molar-refractivity contribution in [3.05, 3.63) is 71.8 Å². The topological polar surface area (TPSA) is 132 Å². The molecule has 0 fully saturated rings. The van der Waals surface area contributed by atoms with Crippen LogP contribution >= 0.6 is 0 Å². The Bertz CT molecular complexity index is 1040. The van der Waals surface area contributed by atoms with Crippen LogP contribution in [0, 0.1) is 0 Å². The van der Waals surface area contributed by atoms with Gasteiger partial charge >= 0.3 is 29.8 Å². The van der Waals surface area contributed by atoms with Gasteiger partial charge in [-0.1, -0.05) is 60.7 Å². The van der Waals surface area contributed by atoms with Gasteiger partial charge in [0.05, 0.1) is 32.3 Å². The van der Waals surface area contributed by atoms with Crippen LogP contribution in [0.15, 0.2) is 60.7 Å². The first-order valence-electron chi connectivity index (χ1n) is 12.2. The number of carbonyl (C=O) groups is 5. The highest BCUT2D eigenvalue weighted by Crippen LogP contribution is 2.10. The van der Waals surface area contributed by atoms with Gasteiger partial charge in [0, 0.05) is 13.3 Å². The van der Waals surface area contributed by atoms with Crippen molar-refractivity contribution in [1.82, 2.24) is 0 Å². The normalized spacial score (nSPS) is 11.1. The molecule has 2 rings (SSSR count). The van der Waals surface area contributed by atoms with E-state index in [1.165, 1.54) is 6.92 Å². The van der Waals surface area contributed by atoms with E-state index in [1.54, 1.807) is 0 Å². The average molecular weight is 529 g/mol. The van der Waals surface area contributed by atoms with Crippen molar-refractivity contribution in [2.45, 2.75) is 65.0 Å². The summed E-state index contributed by atoms with van der Waals surface area (Å²) in [5, 5.41) is 0. The van der Waals surface area contributed by atoms with E-state index >= 15 is 0 Å². The van der Waals surface area contributed by atoms with Crippen molar-refractivity contribution in [3.63, 3.8) is 0 Å². The highest BCUT2D eigenvalue weighted by Gasteiger charge is 2.19. The molecular formula is C28H32O10. The van der Waals surface area contributed by atoms with Gasteiger partial charge < -0.3 is 23.7 Å². The summed E-state index contributed by atoms with van der Waals surface area (Å²) in [4.78, 5) is 59.0. The summed E-state index contributed by atoms with van der Waals surface area (Å²) in [7, 11) is 0. The second kappa shape index (κ2) is 17.3. The highest BCUT2D eigenvalue weighted by atomic mass is 16.7. The lowest BCUT2D eigenvalue weighted by molar-refractivity contribution is -0.189. The van der Waals surface area contributed by atoms with Gasteiger partial charge in [0.1, 0.15) is 13.2 Å². The van der Waals surface area contributed by atoms with Gasteiger partial charge in [-0.2, -0.15) is 0 Å². The molecule has 2 aromatic carbocycles. The van der Waals surface area contributed by atoms with E-state index in [9.17, 15) is 24.0 Å². The molecule has 0 radical (unpaired) electrons. The minimum atomic E-state index is -1.19. The monoisotopic (exact) mass is 528 g/mol. The highest BCUT2D eigenvalue weighted by molar-refractivity contribution is 5.78. The number of hydrogen-bond donors (Lipinski definition) is 0. The molecule has 10 nitrogen and oxygen atoms in total. The number of rotatable bonds is 16. The predicted molar refractivity (Wildman–Crippen MR) is 133 cm³/mol. The van der Waals surface area contributed by atoms with Gasteiger partial charge in [0.2, 0.25) is 6.29 Å². The van der Waals surface area contributed by atoms with Gasteiger partial charge in [0.15, 0.2) is 0 Å². The van der Waals surface area contributed by atoms with Crippen LogP contribution in [0.4, 0.5) is 0 Å². The summed E-state index contributed by atoms with van der Waals surface area (Å²) < 4.78 is 25.4. The van der Waals surface area contributed by atoms with Crippen LogP contribution in [0.25, 0.3) is 0 Å². The number of benzene rings is 2. The maximum atomic E-state index is 12.1. The van der Waals surface area contributed by atoms with E-state index in [1.807, 2.05) is 60.7 Å². The Balaban J connectivity index is 1.60. The zero-order valence-electron chi connectivity index (χ0n) is 21.3. The quantitative estimate of drug-likeness (QED) is 0.137. The Hall–Kier alpha value is -4.21. The van der Waals surface area contributed by atoms with Gasteiger partial charge in [-0.3, -0.25) is 24.0 Å². The molecule has 0 N–H and O–H groups in total. The summed E-state index contributed by atoms with van der Waals surface area (Å²) in [5.74, 6) is -3.06. The first-order chi connectivity index (χ1) is 18.3. The largest absolute Gasteiger partial charge is 0.466 e. The first kappa shape index (κ1) is 30.0. The zero-order chi connectivity index (χ0) is 27.6. The van der Waals surface area contributed by atoms with Gasteiger partial charge in [0.25, 0.3) is 0 Å². The molecule has 0 saturated carbocycles. The molecule has 1 atom stereocenters. The first-order valence-corrected chi connectivity index (χ1v) is 12.2. The molecule has 2 aromatic rings. The molecule has 0 spiro atoms. The number of esters is 5. The van der Waals surface area contributed by atoms with E-state index in [0.717, 1.165) is 11.1 Å². The van der Waals surface area contributed by atoms with Crippen LogP contribution in [-0.2, 0) is 60.9 Å². The summed E-state index contributed by atoms with van der Waals surface area (Å²) >= 11 is 0. The fraction of sp³-hybridized carbons (Fsp3) is 0.393. The number of carbonyl (C=O) groups excluding carboxylic acids is 5. The molecular weight excluding hydrogens is 496 g/mol. The van der Waals surface area contributed by atoms with E-state index in [4.69, 9.17) is 23.7 Å². The third-order valence-corrected chi connectivity index (χ3v) is 4.96. The minimum absolute atomic E-state index is 0.0287. The van der Waals surface area contributed by atoms with Crippen LogP contribution in [0.1, 0.15) is 56.6 Å². The molecule has 0 aromatic heterocycles. The lowest BCUT2D eigenvalue weighted by atomic mass is 10.2. The van der Waals surface area contributed by atoms with Crippen LogP contribution in [0.3, 0.4) is 0 Å². The molecule has 0 aliphatic rings. The molecule has 0 amide bonds. The molecule has 38 heavy (non-hydrogen) atoms.